The second kappa shape index (κ2) is 4.97. The molecule has 0 atom stereocenters. The van der Waals surface area contributed by atoms with Crippen molar-refractivity contribution in [3.05, 3.63) is 42.0 Å². The zero-order valence-corrected chi connectivity index (χ0v) is 8.08. The Morgan fingerprint density at radius 2 is 1.91 bits per heavy atom. The van der Waals surface area contributed by atoms with E-state index in [2.05, 4.69) is 9.85 Å². The minimum absolute atomic E-state index is 1.19. The van der Waals surface area contributed by atoms with Crippen LogP contribution >= 0.6 is 22.6 Å². The van der Waals surface area contributed by atoms with Gasteiger partial charge in [-0.05, 0) is 21.6 Å². The highest BCUT2D eigenvalue weighted by Crippen LogP contribution is 1.99. The van der Waals surface area contributed by atoms with Crippen molar-refractivity contribution < 1.29 is 0 Å². The van der Waals surface area contributed by atoms with Gasteiger partial charge in [0.1, 0.15) is 0 Å². The molecule has 0 saturated heterocycles. The van der Waals surface area contributed by atoms with Gasteiger partial charge in [-0.2, -0.15) is 0 Å². The fourth-order valence-corrected chi connectivity index (χ4v) is 0.913. The Bertz CT molecular complexity index is 288. The summed E-state index contributed by atoms with van der Waals surface area (Å²) in [4.78, 5) is 0. The molecule has 1 aromatic carbocycles. The van der Waals surface area contributed by atoms with Gasteiger partial charge in [0, 0.05) is 22.6 Å². The van der Waals surface area contributed by atoms with E-state index in [0.717, 1.165) is 0 Å². The minimum atomic E-state index is 1.19. The first-order chi connectivity index (χ1) is 5.43. The summed E-state index contributed by atoms with van der Waals surface area (Å²) in [6.07, 6.45) is 3.84. The lowest BCUT2D eigenvalue weighted by Gasteiger charge is -1.86. The van der Waals surface area contributed by atoms with Crippen LogP contribution in [0.5, 0.6) is 0 Å². The van der Waals surface area contributed by atoms with Gasteiger partial charge < -0.3 is 0 Å². The summed E-state index contributed by atoms with van der Waals surface area (Å²) in [7, 11) is 0. The predicted octanol–water partition coefficient (Wildman–Crippen LogP) is 3.10. The summed E-state index contributed by atoms with van der Waals surface area (Å²) in [6.45, 7) is 0. The number of benzene rings is 1. The van der Waals surface area contributed by atoms with E-state index < -0.39 is 0 Å². The van der Waals surface area contributed by atoms with Crippen molar-refractivity contribution in [2.24, 2.45) is 0 Å². The summed E-state index contributed by atoms with van der Waals surface area (Å²) in [6, 6.07) is 10.1. The Hall–Kier alpha value is -0.750. The topological polar surface area (TPSA) is 0 Å². The fraction of sp³-hybridized carbons (Fsp3) is 0. The molecule has 0 unspecified atom stereocenters. The van der Waals surface area contributed by atoms with Crippen molar-refractivity contribution in [3.63, 3.8) is 0 Å². The van der Waals surface area contributed by atoms with Crippen molar-refractivity contribution in [2.75, 3.05) is 0 Å². The highest BCUT2D eigenvalue weighted by atomic mass is 127. The summed E-state index contributed by atoms with van der Waals surface area (Å²) in [5, 5.41) is 0. The number of hydrogen-bond donors (Lipinski definition) is 0. The normalized spacial score (nSPS) is 9.18. The van der Waals surface area contributed by atoms with E-state index in [4.69, 9.17) is 0 Å². The Balaban J connectivity index is 2.69. The molecule has 1 rings (SSSR count). The third-order valence-corrected chi connectivity index (χ3v) is 1.52. The van der Waals surface area contributed by atoms with Gasteiger partial charge in [-0.15, -0.1) is 0 Å². The molecule has 1 heteroatoms. The predicted molar refractivity (Wildman–Crippen MR) is 57.3 cm³/mol. The van der Waals surface area contributed by atoms with Crippen LogP contribution in [0, 0.1) is 9.85 Å². The molecule has 0 bridgehead atoms. The van der Waals surface area contributed by atoms with Crippen molar-refractivity contribution in [1.82, 2.24) is 0 Å². The van der Waals surface area contributed by atoms with Gasteiger partial charge in [-0.25, -0.2) is 0 Å². The summed E-state index contributed by atoms with van der Waals surface area (Å²) < 4.78 is 2.77. The third-order valence-electron chi connectivity index (χ3n) is 1.21. The van der Waals surface area contributed by atoms with Gasteiger partial charge in [0.25, 0.3) is 0 Å². The zero-order chi connectivity index (χ0) is 7.94. The van der Waals surface area contributed by atoms with E-state index in [1.54, 1.807) is 0 Å². The first-order valence-electron chi connectivity index (χ1n) is 3.26. The van der Waals surface area contributed by atoms with Crippen LogP contribution in [0.15, 0.2) is 36.4 Å². The zero-order valence-electron chi connectivity index (χ0n) is 5.92. The second-order valence-electron chi connectivity index (χ2n) is 1.98. The molecule has 0 nitrogen and oxygen atoms in total. The van der Waals surface area contributed by atoms with Gasteiger partial charge in [0.15, 0.2) is 0 Å². The van der Waals surface area contributed by atoms with Crippen LogP contribution in [0.2, 0.25) is 0 Å². The maximum Gasteiger partial charge on any atom is 0.0185 e. The number of hydrogen-bond acceptors (Lipinski definition) is 0. The Morgan fingerprint density at radius 1 is 1.18 bits per heavy atom. The number of rotatable bonds is 1. The second-order valence-corrected chi connectivity index (χ2v) is 2.52. The van der Waals surface area contributed by atoms with Gasteiger partial charge in [-0.3, -0.25) is 0 Å². The fourth-order valence-electron chi connectivity index (χ4n) is 0.734. The maximum atomic E-state index is 2.85. The third kappa shape index (κ3) is 3.24. The molecular formula is C10H7I. The average Bonchev–Trinajstić information content (AvgIpc) is 2.07. The molecule has 0 saturated carbocycles. The van der Waals surface area contributed by atoms with Crippen LogP contribution in [0.4, 0.5) is 0 Å². The summed E-state index contributed by atoms with van der Waals surface area (Å²) in [5.41, 5.74) is 1.19. The van der Waals surface area contributed by atoms with E-state index in [1.165, 1.54) is 5.56 Å². The Morgan fingerprint density at radius 3 is 2.55 bits per heavy atom. The van der Waals surface area contributed by atoms with Crippen LogP contribution in [0.1, 0.15) is 5.56 Å². The molecule has 54 valence electrons. The van der Waals surface area contributed by atoms with Crippen molar-refractivity contribution in [2.45, 2.75) is 0 Å². The largest absolute Gasteiger partial charge is 0.0636 e. The lowest BCUT2D eigenvalue weighted by molar-refractivity contribution is 1.66. The van der Waals surface area contributed by atoms with Crippen LogP contribution in [0.3, 0.4) is 0 Å². The smallest absolute Gasteiger partial charge is 0.0185 e. The van der Waals surface area contributed by atoms with Crippen LogP contribution in [0.25, 0.3) is 6.08 Å². The van der Waals surface area contributed by atoms with Gasteiger partial charge in [-0.1, -0.05) is 36.3 Å². The number of allylic oxidation sites excluding steroid dienone is 1. The van der Waals surface area contributed by atoms with Crippen LogP contribution < -0.4 is 0 Å². The monoisotopic (exact) mass is 254 g/mol. The molecule has 0 fully saturated rings. The quantitative estimate of drug-likeness (QED) is 0.533. The van der Waals surface area contributed by atoms with Gasteiger partial charge >= 0.3 is 0 Å². The Kier molecular flexibility index (Phi) is 3.77. The van der Waals surface area contributed by atoms with Gasteiger partial charge in [0.2, 0.25) is 0 Å². The molecule has 0 amide bonds. The molecule has 0 N–H and O–H groups in total. The van der Waals surface area contributed by atoms with E-state index in [-0.39, 0.29) is 0 Å². The lowest BCUT2D eigenvalue weighted by Crippen LogP contribution is -1.66. The van der Waals surface area contributed by atoms with Gasteiger partial charge in [0.05, 0.1) is 0 Å². The van der Waals surface area contributed by atoms with E-state index >= 15 is 0 Å². The van der Waals surface area contributed by atoms with E-state index in [9.17, 15) is 0 Å². The van der Waals surface area contributed by atoms with Crippen molar-refractivity contribution >= 4 is 28.7 Å². The first kappa shape index (κ1) is 8.35. The Labute approximate surface area is 80.5 Å². The van der Waals surface area contributed by atoms with Crippen molar-refractivity contribution in [1.29, 1.82) is 0 Å². The molecule has 0 radical (unpaired) electrons. The standard InChI is InChI=1S/C10H7I/c11-9-5-4-8-10-6-2-1-3-7-10/h1-4,6-8H/b8-4+. The molecule has 1 aromatic rings. The maximum absolute atomic E-state index is 2.85. The average molecular weight is 254 g/mol. The number of halogens is 1. The first-order valence-corrected chi connectivity index (χ1v) is 4.34. The molecule has 0 aliphatic carbocycles. The molecule has 0 aliphatic heterocycles. The van der Waals surface area contributed by atoms with Crippen LogP contribution in [-0.4, -0.2) is 0 Å². The minimum Gasteiger partial charge on any atom is -0.0636 e. The molecule has 0 heterocycles. The molecule has 11 heavy (non-hydrogen) atoms. The molecular weight excluding hydrogens is 247 g/mol. The van der Waals surface area contributed by atoms with Crippen molar-refractivity contribution in [3.8, 4) is 9.85 Å². The molecule has 0 aliphatic rings. The SMILES string of the molecule is IC#C/C=C/c1ccccc1. The highest BCUT2D eigenvalue weighted by Gasteiger charge is 1.78. The summed E-state index contributed by atoms with van der Waals surface area (Å²) in [5.74, 6) is 2.85. The molecule has 0 spiro atoms. The highest BCUT2D eigenvalue weighted by molar-refractivity contribution is 14.1. The summed E-state index contributed by atoms with van der Waals surface area (Å²) >= 11 is 2.02. The van der Waals surface area contributed by atoms with E-state index in [1.807, 2.05) is 65.1 Å². The van der Waals surface area contributed by atoms with Crippen LogP contribution in [-0.2, 0) is 0 Å². The molecule has 0 aromatic heterocycles. The van der Waals surface area contributed by atoms with E-state index in [0.29, 0.717) is 0 Å². The lowest BCUT2D eigenvalue weighted by atomic mass is 10.2.